The van der Waals surface area contributed by atoms with Gasteiger partial charge in [-0.1, -0.05) is 78.9 Å². The third kappa shape index (κ3) is 5.54. The van der Waals surface area contributed by atoms with E-state index in [4.69, 9.17) is 0 Å². The third-order valence-corrected chi connectivity index (χ3v) is 7.14. The minimum Gasteiger partial charge on any atom is -0.371 e. The van der Waals surface area contributed by atoms with Crippen LogP contribution in [0.3, 0.4) is 0 Å². The summed E-state index contributed by atoms with van der Waals surface area (Å²) >= 11 is 0. The molecule has 0 spiro atoms. The van der Waals surface area contributed by atoms with E-state index in [1.54, 1.807) is 12.1 Å². The molecule has 0 radical (unpaired) electrons. The van der Waals surface area contributed by atoms with Crippen LogP contribution < -0.4 is 10.2 Å². The lowest BCUT2D eigenvalue weighted by Crippen LogP contribution is -2.36. The van der Waals surface area contributed by atoms with Crippen molar-refractivity contribution < 1.29 is 9.72 Å². The first-order valence-electron chi connectivity index (χ1n) is 12.6. The maximum absolute atomic E-state index is 12.8. The first-order valence-corrected chi connectivity index (χ1v) is 12.6. The summed E-state index contributed by atoms with van der Waals surface area (Å²) in [7, 11) is 0. The second-order valence-corrected chi connectivity index (χ2v) is 9.40. The molecule has 4 aromatic carbocycles. The van der Waals surface area contributed by atoms with Crippen LogP contribution in [-0.2, 0) is 0 Å². The van der Waals surface area contributed by atoms with E-state index in [1.807, 2.05) is 24.3 Å². The number of amides is 1. The number of nitro groups is 1. The monoisotopic (exact) mass is 491 g/mol. The Morgan fingerprint density at radius 3 is 2.03 bits per heavy atom. The molecule has 1 aliphatic rings. The van der Waals surface area contributed by atoms with E-state index in [0.717, 1.165) is 31.6 Å². The van der Waals surface area contributed by atoms with Gasteiger partial charge in [0.25, 0.3) is 11.6 Å². The molecule has 6 nitrogen and oxygen atoms in total. The lowest BCUT2D eigenvalue weighted by atomic mass is 9.76. The van der Waals surface area contributed by atoms with Gasteiger partial charge in [-0.25, -0.2) is 0 Å². The Balaban J connectivity index is 1.29. The molecule has 1 saturated heterocycles. The van der Waals surface area contributed by atoms with Gasteiger partial charge in [0, 0.05) is 36.4 Å². The van der Waals surface area contributed by atoms with Gasteiger partial charge in [-0.2, -0.15) is 0 Å². The van der Waals surface area contributed by atoms with Crippen LogP contribution in [0, 0.1) is 16.0 Å². The predicted molar refractivity (Wildman–Crippen MR) is 147 cm³/mol. The van der Waals surface area contributed by atoms with Gasteiger partial charge in [-0.3, -0.25) is 14.9 Å². The lowest BCUT2D eigenvalue weighted by Gasteiger charge is -2.38. The third-order valence-electron chi connectivity index (χ3n) is 7.14. The fourth-order valence-electron chi connectivity index (χ4n) is 5.35. The minimum absolute atomic E-state index is 0.0478. The first kappa shape index (κ1) is 24.3. The van der Waals surface area contributed by atoms with Crippen molar-refractivity contribution in [2.45, 2.75) is 18.8 Å². The van der Waals surface area contributed by atoms with Crippen molar-refractivity contribution in [2.24, 2.45) is 5.92 Å². The number of nitrogens with zero attached hydrogens (tertiary/aromatic N) is 2. The van der Waals surface area contributed by atoms with Gasteiger partial charge >= 0.3 is 0 Å². The summed E-state index contributed by atoms with van der Waals surface area (Å²) in [6, 6.07) is 35.2. The van der Waals surface area contributed by atoms with Gasteiger partial charge in [0.1, 0.15) is 5.56 Å². The quantitative estimate of drug-likeness (QED) is 0.225. The number of benzene rings is 4. The predicted octanol–water partition coefficient (Wildman–Crippen LogP) is 6.90. The van der Waals surface area contributed by atoms with Crippen molar-refractivity contribution in [1.29, 1.82) is 0 Å². The average molecular weight is 492 g/mol. The SMILES string of the molecule is O=C(Nc1cccc(N2CCC(C(c3ccccc3)c3ccccc3)CC2)c1)c1ccccc1[N+](=O)[O-]. The van der Waals surface area contributed by atoms with Crippen molar-refractivity contribution in [3.63, 3.8) is 0 Å². The standard InChI is InChI=1S/C31H29N3O3/c35-31(28-16-7-8-17-29(28)34(36)37)32-26-14-9-15-27(22-26)33-20-18-25(19-21-33)30(23-10-3-1-4-11-23)24-12-5-2-6-13-24/h1-17,22,25,30H,18-21H2,(H,32,35). The fourth-order valence-corrected chi connectivity index (χ4v) is 5.35. The normalized spacial score (nSPS) is 13.9. The van der Waals surface area contributed by atoms with Gasteiger partial charge in [0.05, 0.1) is 4.92 Å². The number of para-hydroxylation sites is 1. The zero-order chi connectivity index (χ0) is 25.6. The Kier molecular flexibility index (Phi) is 7.26. The molecule has 0 bridgehead atoms. The number of piperidine rings is 1. The Bertz CT molecular complexity index is 1330. The van der Waals surface area contributed by atoms with Crippen molar-refractivity contribution in [3.8, 4) is 0 Å². The number of hydrogen-bond acceptors (Lipinski definition) is 4. The molecule has 37 heavy (non-hydrogen) atoms. The number of carbonyl (C=O) groups excluding carboxylic acids is 1. The molecular weight excluding hydrogens is 462 g/mol. The van der Waals surface area contributed by atoms with E-state index in [-0.39, 0.29) is 11.3 Å². The van der Waals surface area contributed by atoms with Gasteiger partial charge in [-0.05, 0) is 54.2 Å². The molecule has 6 heteroatoms. The van der Waals surface area contributed by atoms with E-state index < -0.39 is 10.8 Å². The Morgan fingerprint density at radius 1 is 0.811 bits per heavy atom. The van der Waals surface area contributed by atoms with Gasteiger partial charge in [-0.15, -0.1) is 0 Å². The number of nitro benzene ring substituents is 1. The van der Waals surface area contributed by atoms with E-state index >= 15 is 0 Å². The van der Waals surface area contributed by atoms with Crippen molar-refractivity contribution >= 4 is 23.0 Å². The molecular formula is C31H29N3O3. The number of carbonyl (C=O) groups is 1. The minimum atomic E-state index is -0.534. The molecule has 0 unspecified atom stereocenters. The van der Waals surface area contributed by atoms with Gasteiger partial charge in [0.15, 0.2) is 0 Å². The van der Waals surface area contributed by atoms with Crippen LogP contribution in [0.1, 0.15) is 40.2 Å². The highest BCUT2D eigenvalue weighted by molar-refractivity contribution is 6.07. The van der Waals surface area contributed by atoms with Crippen LogP contribution in [0.5, 0.6) is 0 Å². The van der Waals surface area contributed by atoms with Crippen LogP contribution in [0.4, 0.5) is 17.1 Å². The highest BCUT2D eigenvalue weighted by atomic mass is 16.6. The number of anilines is 2. The molecule has 0 atom stereocenters. The van der Waals surface area contributed by atoms with Crippen LogP contribution >= 0.6 is 0 Å². The molecule has 1 heterocycles. The summed E-state index contributed by atoms with van der Waals surface area (Å²) in [5.74, 6) is 0.399. The first-order chi connectivity index (χ1) is 18.1. The molecule has 0 saturated carbocycles. The summed E-state index contributed by atoms with van der Waals surface area (Å²) in [6.45, 7) is 1.84. The molecule has 186 valence electrons. The second kappa shape index (κ2) is 11.1. The van der Waals surface area contributed by atoms with Gasteiger partial charge < -0.3 is 10.2 Å². The number of hydrogen-bond donors (Lipinski definition) is 1. The van der Waals surface area contributed by atoms with Crippen molar-refractivity contribution in [3.05, 3.63) is 136 Å². The average Bonchev–Trinajstić information content (AvgIpc) is 2.95. The highest BCUT2D eigenvalue weighted by Crippen LogP contribution is 2.39. The molecule has 1 aliphatic heterocycles. The van der Waals surface area contributed by atoms with Crippen LogP contribution in [0.15, 0.2) is 109 Å². The lowest BCUT2D eigenvalue weighted by molar-refractivity contribution is -0.385. The molecule has 0 aromatic heterocycles. The molecule has 1 N–H and O–H groups in total. The molecule has 4 aromatic rings. The second-order valence-electron chi connectivity index (χ2n) is 9.40. The van der Waals surface area contributed by atoms with E-state index in [0.29, 0.717) is 17.5 Å². The molecule has 0 aliphatic carbocycles. The zero-order valence-corrected chi connectivity index (χ0v) is 20.5. The van der Waals surface area contributed by atoms with Crippen LogP contribution in [0.25, 0.3) is 0 Å². The van der Waals surface area contributed by atoms with E-state index in [2.05, 4.69) is 70.9 Å². The van der Waals surface area contributed by atoms with E-state index in [1.165, 1.54) is 23.3 Å². The maximum Gasteiger partial charge on any atom is 0.282 e. The van der Waals surface area contributed by atoms with Crippen LogP contribution in [-0.4, -0.2) is 23.9 Å². The van der Waals surface area contributed by atoms with Crippen molar-refractivity contribution in [1.82, 2.24) is 0 Å². The topological polar surface area (TPSA) is 75.5 Å². The smallest absolute Gasteiger partial charge is 0.282 e. The number of nitrogens with one attached hydrogen (secondary N) is 1. The van der Waals surface area contributed by atoms with Crippen LogP contribution in [0.2, 0.25) is 0 Å². The van der Waals surface area contributed by atoms with Crippen molar-refractivity contribution in [2.75, 3.05) is 23.3 Å². The summed E-state index contributed by atoms with van der Waals surface area (Å²) in [4.78, 5) is 25.9. The Hall–Kier alpha value is -4.45. The van der Waals surface area contributed by atoms with Gasteiger partial charge in [0.2, 0.25) is 0 Å². The number of rotatable bonds is 7. The maximum atomic E-state index is 12.8. The Labute approximate surface area is 216 Å². The van der Waals surface area contributed by atoms with E-state index in [9.17, 15) is 14.9 Å². The fraction of sp³-hybridized carbons (Fsp3) is 0.194. The molecule has 5 rings (SSSR count). The molecule has 1 fully saturated rings. The summed E-state index contributed by atoms with van der Waals surface area (Å²) in [5, 5.41) is 14.1. The Morgan fingerprint density at radius 2 is 1.41 bits per heavy atom. The zero-order valence-electron chi connectivity index (χ0n) is 20.5. The summed E-state index contributed by atoms with van der Waals surface area (Å²) in [5.41, 5.74) is 4.21. The highest BCUT2D eigenvalue weighted by Gasteiger charge is 2.29. The largest absolute Gasteiger partial charge is 0.371 e. The summed E-state index contributed by atoms with van der Waals surface area (Å²) < 4.78 is 0. The molecule has 1 amide bonds. The summed E-state index contributed by atoms with van der Waals surface area (Å²) in [6.07, 6.45) is 2.11.